The molecular formula is C36H33Cl2N5O4S. The summed E-state index contributed by atoms with van der Waals surface area (Å²) in [5.41, 5.74) is 4.34. The van der Waals surface area contributed by atoms with Crippen LogP contribution in [0.1, 0.15) is 36.6 Å². The third-order valence-corrected chi connectivity index (χ3v) is 9.15. The number of carbonyl (C=O) groups is 1. The fourth-order valence-electron chi connectivity index (χ4n) is 5.31. The molecule has 246 valence electrons. The van der Waals surface area contributed by atoms with Gasteiger partial charge in [-0.2, -0.15) is 4.98 Å². The highest BCUT2D eigenvalue weighted by Gasteiger charge is 2.35. The number of aromatic nitrogens is 3. The number of benzene rings is 4. The number of halogens is 2. The topological polar surface area (TPSA) is 99.5 Å². The molecule has 1 unspecified atom stereocenters. The summed E-state index contributed by atoms with van der Waals surface area (Å²) in [5.74, 6) is 2.43. The van der Waals surface area contributed by atoms with Crippen molar-refractivity contribution in [2.75, 3.05) is 24.4 Å². The third-order valence-electron chi connectivity index (χ3n) is 7.64. The standard InChI is InChI=1S/C36H33Cl2N5O4S/c1-4-46-31-19-24(15-18-30(31)47-20-23-13-16-26(37)17-14-23)33-32(34(44)40-28-11-7-8-12-29(28)45-3)22(2)39-35-41-36(42-43(33)35)48-21-25-9-5-6-10-27(25)38/h5-19,33H,4,20-21H2,1-3H3,(H,40,44)(H,39,41,42). The Balaban J connectivity index is 1.36. The minimum atomic E-state index is -0.650. The van der Waals surface area contributed by atoms with Crippen LogP contribution < -0.4 is 24.8 Å². The van der Waals surface area contributed by atoms with Crippen LogP contribution in [0.3, 0.4) is 0 Å². The van der Waals surface area contributed by atoms with Gasteiger partial charge in [0.25, 0.3) is 5.91 Å². The molecule has 0 saturated heterocycles. The van der Waals surface area contributed by atoms with E-state index >= 15 is 0 Å². The zero-order valence-corrected chi connectivity index (χ0v) is 28.8. The molecule has 0 aliphatic carbocycles. The fraction of sp³-hybridized carbons (Fsp3) is 0.194. The Bertz CT molecular complexity index is 1960. The molecule has 9 nitrogen and oxygen atoms in total. The average molecular weight is 703 g/mol. The van der Waals surface area contributed by atoms with E-state index in [4.69, 9.17) is 47.5 Å². The van der Waals surface area contributed by atoms with Crippen molar-refractivity contribution in [3.63, 3.8) is 0 Å². The predicted octanol–water partition coefficient (Wildman–Crippen LogP) is 8.79. The molecule has 1 aromatic heterocycles. The van der Waals surface area contributed by atoms with Crippen LogP contribution in [-0.2, 0) is 17.2 Å². The number of methoxy groups -OCH3 is 1. The zero-order chi connectivity index (χ0) is 33.6. The van der Waals surface area contributed by atoms with Gasteiger partial charge in [0, 0.05) is 21.5 Å². The Labute approximate surface area is 293 Å². The quantitative estimate of drug-likeness (QED) is 0.125. The zero-order valence-electron chi connectivity index (χ0n) is 26.5. The van der Waals surface area contributed by atoms with Crippen molar-refractivity contribution in [3.05, 3.63) is 129 Å². The van der Waals surface area contributed by atoms with Crippen LogP contribution in [0.25, 0.3) is 0 Å². The Kier molecular flexibility index (Phi) is 10.4. The summed E-state index contributed by atoms with van der Waals surface area (Å²) in [6, 6.07) is 27.5. The number of carbonyl (C=O) groups excluding carboxylic acids is 1. The van der Waals surface area contributed by atoms with Crippen molar-refractivity contribution in [2.24, 2.45) is 0 Å². The molecule has 48 heavy (non-hydrogen) atoms. The van der Waals surface area contributed by atoms with E-state index in [0.717, 1.165) is 16.7 Å². The van der Waals surface area contributed by atoms with Gasteiger partial charge in [0.2, 0.25) is 11.1 Å². The molecule has 5 aromatic rings. The molecule has 1 atom stereocenters. The van der Waals surface area contributed by atoms with Crippen molar-refractivity contribution in [3.8, 4) is 17.2 Å². The molecule has 1 aliphatic rings. The molecule has 12 heteroatoms. The monoisotopic (exact) mass is 701 g/mol. The second-order valence-electron chi connectivity index (χ2n) is 10.8. The highest BCUT2D eigenvalue weighted by Crippen LogP contribution is 2.41. The molecule has 6 rings (SSSR count). The number of allylic oxidation sites excluding steroid dienone is 1. The lowest BCUT2D eigenvalue weighted by Gasteiger charge is -2.29. The lowest BCUT2D eigenvalue weighted by atomic mass is 9.94. The van der Waals surface area contributed by atoms with Crippen molar-refractivity contribution in [1.29, 1.82) is 0 Å². The number of rotatable bonds is 12. The van der Waals surface area contributed by atoms with Crippen molar-refractivity contribution >= 4 is 52.5 Å². The number of thioether (sulfide) groups is 1. The molecular weight excluding hydrogens is 669 g/mol. The van der Waals surface area contributed by atoms with E-state index in [2.05, 4.69) is 10.6 Å². The second kappa shape index (κ2) is 15.1. The van der Waals surface area contributed by atoms with Gasteiger partial charge in [0.1, 0.15) is 18.4 Å². The number of nitrogens with one attached hydrogen (secondary N) is 2. The van der Waals surface area contributed by atoms with Crippen LogP contribution >= 0.6 is 35.0 Å². The molecule has 2 N–H and O–H groups in total. The third kappa shape index (κ3) is 7.41. The number of hydrogen-bond acceptors (Lipinski definition) is 8. The number of hydrogen-bond donors (Lipinski definition) is 2. The van der Waals surface area contributed by atoms with Crippen LogP contribution in [0.5, 0.6) is 17.2 Å². The van der Waals surface area contributed by atoms with E-state index in [0.29, 0.717) is 74.3 Å². The molecule has 0 fully saturated rings. The van der Waals surface area contributed by atoms with Crippen molar-refractivity contribution in [2.45, 2.75) is 37.4 Å². The largest absolute Gasteiger partial charge is 0.495 e. The Morgan fingerprint density at radius 1 is 0.958 bits per heavy atom. The molecule has 0 saturated carbocycles. The van der Waals surface area contributed by atoms with Crippen LogP contribution in [0.4, 0.5) is 11.6 Å². The first-order chi connectivity index (χ1) is 23.3. The van der Waals surface area contributed by atoms with E-state index in [1.165, 1.54) is 11.8 Å². The number of nitrogens with zero attached hydrogens (tertiary/aromatic N) is 3. The molecule has 2 heterocycles. The van der Waals surface area contributed by atoms with E-state index in [1.54, 1.807) is 23.9 Å². The van der Waals surface area contributed by atoms with Gasteiger partial charge in [0.05, 0.1) is 25.0 Å². The molecule has 0 bridgehead atoms. The number of amides is 1. The minimum Gasteiger partial charge on any atom is -0.495 e. The first kappa shape index (κ1) is 33.3. The van der Waals surface area contributed by atoms with Gasteiger partial charge in [-0.25, -0.2) is 4.68 Å². The van der Waals surface area contributed by atoms with E-state index in [9.17, 15) is 4.79 Å². The molecule has 0 radical (unpaired) electrons. The summed E-state index contributed by atoms with van der Waals surface area (Å²) >= 11 is 13.9. The lowest BCUT2D eigenvalue weighted by Crippen LogP contribution is -2.31. The van der Waals surface area contributed by atoms with Gasteiger partial charge in [-0.15, -0.1) is 5.10 Å². The van der Waals surface area contributed by atoms with Gasteiger partial charge in [-0.05, 0) is 73.0 Å². The number of ether oxygens (including phenoxy) is 3. The minimum absolute atomic E-state index is 0.318. The van der Waals surface area contributed by atoms with Crippen molar-refractivity contribution < 1.29 is 19.0 Å². The maximum absolute atomic E-state index is 14.1. The van der Waals surface area contributed by atoms with Crippen LogP contribution in [-0.4, -0.2) is 34.4 Å². The fourth-order valence-corrected chi connectivity index (χ4v) is 6.55. The Morgan fingerprint density at radius 3 is 2.50 bits per heavy atom. The second-order valence-corrected chi connectivity index (χ2v) is 12.6. The normalized spacial score (nSPS) is 13.8. The summed E-state index contributed by atoms with van der Waals surface area (Å²) in [6.45, 7) is 4.51. The van der Waals surface area contributed by atoms with Gasteiger partial charge < -0.3 is 24.8 Å². The highest BCUT2D eigenvalue weighted by molar-refractivity contribution is 7.98. The van der Waals surface area contributed by atoms with Crippen LogP contribution in [0.15, 0.2) is 107 Å². The van der Waals surface area contributed by atoms with E-state index in [1.807, 2.05) is 92.7 Å². The number of para-hydroxylation sites is 2. The van der Waals surface area contributed by atoms with E-state index in [-0.39, 0.29) is 5.91 Å². The highest BCUT2D eigenvalue weighted by atomic mass is 35.5. The summed E-state index contributed by atoms with van der Waals surface area (Å²) in [5, 5.41) is 13.1. The first-order valence-corrected chi connectivity index (χ1v) is 17.0. The van der Waals surface area contributed by atoms with E-state index < -0.39 is 6.04 Å². The maximum Gasteiger partial charge on any atom is 0.255 e. The van der Waals surface area contributed by atoms with Crippen LogP contribution in [0, 0.1) is 0 Å². The summed E-state index contributed by atoms with van der Waals surface area (Å²) in [4.78, 5) is 18.9. The number of fused-ring (bicyclic) bond motifs is 1. The lowest BCUT2D eigenvalue weighted by molar-refractivity contribution is -0.113. The van der Waals surface area contributed by atoms with Gasteiger partial charge in [-0.1, -0.05) is 83.5 Å². The van der Waals surface area contributed by atoms with Crippen LogP contribution in [0.2, 0.25) is 10.0 Å². The van der Waals surface area contributed by atoms with Gasteiger partial charge in [0.15, 0.2) is 11.5 Å². The Hall–Kier alpha value is -4.64. The summed E-state index contributed by atoms with van der Waals surface area (Å²) in [6.07, 6.45) is 0. The molecule has 4 aromatic carbocycles. The van der Waals surface area contributed by atoms with Crippen molar-refractivity contribution in [1.82, 2.24) is 14.8 Å². The van der Waals surface area contributed by atoms with Gasteiger partial charge >= 0.3 is 0 Å². The molecule has 1 aliphatic heterocycles. The molecule has 0 spiro atoms. The Morgan fingerprint density at radius 2 is 1.73 bits per heavy atom. The smallest absolute Gasteiger partial charge is 0.255 e. The summed E-state index contributed by atoms with van der Waals surface area (Å²) in [7, 11) is 1.57. The first-order valence-electron chi connectivity index (χ1n) is 15.2. The number of anilines is 2. The summed E-state index contributed by atoms with van der Waals surface area (Å²) < 4.78 is 19.5. The molecule has 1 amide bonds. The van der Waals surface area contributed by atoms with Gasteiger partial charge in [-0.3, -0.25) is 4.79 Å². The average Bonchev–Trinajstić information content (AvgIpc) is 3.50. The SMILES string of the molecule is CCOc1cc(C2C(C(=O)Nc3ccccc3OC)=C(C)Nc3nc(SCc4ccccc4Cl)nn32)ccc1OCc1ccc(Cl)cc1. The predicted molar refractivity (Wildman–Crippen MR) is 191 cm³/mol. The maximum atomic E-state index is 14.1.